The monoisotopic (exact) mass is 271 g/mol. The predicted molar refractivity (Wildman–Crippen MR) is 72.8 cm³/mol. The van der Waals surface area contributed by atoms with Crippen LogP contribution in [-0.4, -0.2) is 62.7 Å². The molecule has 0 spiro atoms. The van der Waals surface area contributed by atoms with Gasteiger partial charge in [-0.05, 0) is 6.42 Å². The van der Waals surface area contributed by atoms with E-state index in [1.807, 2.05) is 4.90 Å². The molecule has 6 heteroatoms. The molecular formula is C13H25N3O3. The molecule has 0 saturated carbocycles. The van der Waals surface area contributed by atoms with Crippen LogP contribution in [0.2, 0.25) is 0 Å². The molecule has 19 heavy (non-hydrogen) atoms. The molecule has 1 aliphatic rings. The number of amides is 2. The average Bonchev–Trinajstić information content (AvgIpc) is 2.44. The van der Waals surface area contributed by atoms with Crippen molar-refractivity contribution in [1.29, 1.82) is 0 Å². The van der Waals surface area contributed by atoms with Gasteiger partial charge < -0.3 is 20.3 Å². The molecule has 1 fully saturated rings. The number of nitrogens with zero attached hydrogens (tertiary/aromatic N) is 1. The fourth-order valence-corrected chi connectivity index (χ4v) is 1.84. The van der Waals surface area contributed by atoms with Crippen LogP contribution in [0.15, 0.2) is 0 Å². The second kappa shape index (κ2) is 9.75. The molecule has 1 rings (SSSR count). The fourth-order valence-electron chi connectivity index (χ4n) is 1.84. The maximum atomic E-state index is 11.8. The first-order chi connectivity index (χ1) is 9.24. The van der Waals surface area contributed by atoms with Crippen LogP contribution in [0.4, 0.5) is 0 Å². The Bertz CT molecular complexity index is 278. The summed E-state index contributed by atoms with van der Waals surface area (Å²) in [6.07, 6.45) is 2.51. The molecule has 1 heterocycles. The van der Waals surface area contributed by atoms with E-state index in [1.165, 1.54) is 0 Å². The molecule has 0 aromatic heterocycles. The number of unbranched alkanes of at least 4 members (excludes halogenated alkanes) is 1. The van der Waals surface area contributed by atoms with E-state index in [9.17, 15) is 9.59 Å². The Morgan fingerprint density at radius 1 is 1.21 bits per heavy atom. The highest BCUT2D eigenvalue weighted by atomic mass is 16.5. The molecule has 0 aliphatic carbocycles. The highest BCUT2D eigenvalue weighted by Gasteiger charge is 2.15. The first-order valence-corrected chi connectivity index (χ1v) is 7.07. The number of carbonyl (C=O) groups excluding carboxylic acids is 2. The van der Waals surface area contributed by atoms with Crippen molar-refractivity contribution in [3.05, 3.63) is 0 Å². The summed E-state index contributed by atoms with van der Waals surface area (Å²) in [5, 5.41) is 5.81. The van der Waals surface area contributed by atoms with Crippen molar-refractivity contribution < 1.29 is 14.3 Å². The van der Waals surface area contributed by atoms with Gasteiger partial charge in [-0.2, -0.15) is 0 Å². The summed E-state index contributed by atoms with van der Waals surface area (Å²) in [6, 6.07) is 0. The lowest BCUT2D eigenvalue weighted by Gasteiger charge is -2.26. The van der Waals surface area contributed by atoms with Gasteiger partial charge in [-0.15, -0.1) is 0 Å². The highest BCUT2D eigenvalue weighted by Crippen LogP contribution is 1.99. The number of morpholine rings is 1. The van der Waals surface area contributed by atoms with Gasteiger partial charge in [0, 0.05) is 32.6 Å². The van der Waals surface area contributed by atoms with Gasteiger partial charge in [0.15, 0.2) is 0 Å². The molecule has 0 aromatic rings. The summed E-state index contributed by atoms with van der Waals surface area (Å²) >= 11 is 0. The average molecular weight is 271 g/mol. The molecule has 0 unspecified atom stereocenters. The Morgan fingerprint density at radius 2 is 1.95 bits per heavy atom. The van der Waals surface area contributed by atoms with Gasteiger partial charge in [0.1, 0.15) is 0 Å². The zero-order chi connectivity index (χ0) is 13.9. The topological polar surface area (TPSA) is 70.7 Å². The Hall–Kier alpha value is -1.14. The maximum Gasteiger partial charge on any atom is 0.233 e. The van der Waals surface area contributed by atoms with Crippen molar-refractivity contribution in [2.75, 3.05) is 45.9 Å². The van der Waals surface area contributed by atoms with Crippen LogP contribution >= 0.6 is 0 Å². The molecule has 1 saturated heterocycles. The van der Waals surface area contributed by atoms with E-state index in [1.54, 1.807) is 0 Å². The zero-order valence-corrected chi connectivity index (χ0v) is 11.7. The first kappa shape index (κ1) is 15.9. The summed E-state index contributed by atoms with van der Waals surface area (Å²) in [4.78, 5) is 25.0. The summed E-state index contributed by atoms with van der Waals surface area (Å²) in [7, 11) is 0. The minimum absolute atomic E-state index is 0.00716. The molecule has 0 radical (unpaired) electrons. The van der Waals surface area contributed by atoms with E-state index in [-0.39, 0.29) is 18.4 Å². The third-order valence-electron chi connectivity index (χ3n) is 3.02. The van der Waals surface area contributed by atoms with Gasteiger partial charge in [0.2, 0.25) is 11.8 Å². The van der Waals surface area contributed by atoms with Crippen LogP contribution in [0.3, 0.4) is 0 Å². The van der Waals surface area contributed by atoms with Crippen LogP contribution in [-0.2, 0) is 14.3 Å². The SMILES string of the molecule is CCCCNC(=O)CNCCC(=O)N1CCOCC1. The normalized spacial score (nSPS) is 15.3. The van der Waals surface area contributed by atoms with E-state index in [2.05, 4.69) is 17.6 Å². The van der Waals surface area contributed by atoms with E-state index in [0.29, 0.717) is 39.3 Å². The minimum atomic E-state index is -0.00716. The highest BCUT2D eigenvalue weighted by molar-refractivity contribution is 5.78. The van der Waals surface area contributed by atoms with Crippen molar-refractivity contribution in [3.63, 3.8) is 0 Å². The van der Waals surface area contributed by atoms with Gasteiger partial charge in [-0.1, -0.05) is 13.3 Å². The van der Waals surface area contributed by atoms with Crippen LogP contribution in [0, 0.1) is 0 Å². The fraction of sp³-hybridized carbons (Fsp3) is 0.846. The van der Waals surface area contributed by atoms with Gasteiger partial charge in [0.05, 0.1) is 19.8 Å². The third-order valence-corrected chi connectivity index (χ3v) is 3.02. The quantitative estimate of drug-likeness (QED) is 0.597. The Labute approximate surface area is 114 Å². The van der Waals surface area contributed by atoms with Crippen LogP contribution in [0.5, 0.6) is 0 Å². The molecule has 6 nitrogen and oxygen atoms in total. The van der Waals surface area contributed by atoms with E-state index in [4.69, 9.17) is 4.74 Å². The van der Waals surface area contributed by atoms with E-state index in [0.717, 1.165) is 19.4 Å². The molecule has 2 amide bonds. The second-order valence-corrected chi connectivity index (χ2v) is 4.62. The van der Waals surface area contributed by atoms with Crippen LogP contribution < -0.4 is 10.6 Å². The number of hydrogen-bond acceptors (Lipinski definition) is 4. The molecule has 1 aliphatic heterocycles. The van der Waals surface area contributed by atoms with Gasteiger partial charge in [-0.25, -0.2) is 0 Å². The predicted octanol–water partition coefficient (Wildman–Crippen LogP) is -0.259. The molecule has 0 aromatic carbocycles. The zero-order valence-electron chi connectivity index (χ0n) is 11.7. The van der Waals surface area contributed by atoms with Gasteiger partial charge in [-0.3, -0.25) is 9.59 Å². The lowest BCUT2D eigenvalue weighted by Crippen LogP contribution is -2.42. The number of hydrogen-bond donors (Lipinski definition) is 2. The van der Waals surface area contributed by atoms with Crippen LogP contribution in [0.1, 0.15) is 26.2 Å². The third kappa shape index (κ3) is 7.12. The van der Waals surface area contributed by atoms with Crippen molar-refractivity contribution in [2.45, 2.75) is 26.2 Å². The molecular weight excluding hydrogens is 246 g/mol. The largest absolute Gasteiger partial charge is 0.378 e. The van der Waals surface area contributed by atoms with Gasteiger partial charge >= 0.3 is 0 Å². The van der Waals surface area contributed by atoms with Crippen molar-refractivity contribution >= 4 is 11.8 Å². The lowest BCUT2D eigenvalue weighted by molar-refractivity contribution is -0.135. The molecule has 0 atom stereocenters. The summed E-state index contributed by atoms with van der Waals surface area (Å²) < 4.78 is 5.19. The van der Waals surface area contributed by atoms with Crippen molar-refractivity contribution in [2.24, 2.45) is 0 Å². The number of nitrogens with one attached hydrogen (secondary N) is 2. The summed E-state index contributed by atoms with van der Waals surface area (Å²) in [5.74, 6) is 0.120. The number of ether oxygens (including phenoxy) is 1. The van der Waals surface area contributed by atoms with Crippen LogP contribution in [0.25, 0.3) is 0 Å². The first-order valence-electron chi connectivity index (χ1n) is 7.07. The Morgan fingerprint density at radius 3 is 2.63 bits per heavy atom. The molecule has 2 N–H and O–H groups in total. The lowest BCUT2D eigenvalue weighted by atomic mass is 10.3. The summed E-state index contributed by atoms with van der Waals surface area (Å²) in [5.41, 5.74) is 0. The second-order valence-electron chi connectivity index (χ2n) is 4.62. The van der Waals surface area contributed by atoms with Crippen molar-refractivity contribution in [1.82, 2.24) is 15.5 Å². The van der Waals surface area contributed by atoms with E-state index >= 15 is 0 Å². The maximum absolute atomic E-state index is 11.8. The minimum Gasteiger partial charge on any atom is -0.378 e. The molecule has 110 valence electrons. The Kier molecular flexibility index (Phi) is 8.16. The van der Waals surface area contributed by atoms with E-state index < -0.39 is 0 Å². The number of rotatable bonds is 8. The standard InChI is InChI=1S/C13H25N3O3/c1-2-3-5-15-12(17)11-14-6-4-13(18)16-7-9-19-10-8-16/h14H,2-11H2,1H3,(H,15,17). The molecule has 0 bridgehead atoms. The number of carbonyl (C=O) groups is 2. The Balaban J connectivity index is 2.00. The van der Waals surface area contributed by atoms with Crippen molar-refractivity contribution in [3.8, 4) is 0 Å². The van der Waals surface area contributed by atoms with Gasteiger partial charge in [0.25, 0.3) is 0 Å². The summed E-state index contributed by atoms with van der Waals surface area (Å²) in [6.45, 7) is 6.23. The smallest absolute Gasteiger partial charge is 0.233 e.